The Bertz CT molecular complexity index is 518. The fourth-order valence-electron chi connectivity index (χ4n) is 3.00. The van der Waals surface area contributed by atoms with Crippen LogP contribution in [0.25, 0.3) is 0 Å². The molecule has 3 rings (SSSR count). The number of benzene rings is 1. The SMILES string of the molecule is CN(C(=O)c1ccc2c(c1)OCO2)C1CCCCC1N. The summed E-state index contributed by atoms with van der Waals surface area (Å²) in [6.07, 6.45) is 4.26. The molecule has 2 atom stereocenters. The first-order valence-electron chi connectivity index (χ1n) is 7.09. The Hall–Kier alpha value is -1.75. The zero-order valence-electron chi connectivity index (χ0n) is 11.7. The average molecular weight is 276 g/mol. The van der Waals surface area contributed by atoms with Crippen molar-refractivity contribution in [1.29, 1.82) is 0 Å². The predicted molar refractivity (Wildman–Crippen MR) is 74.9 cm³/mol. The summed E-state index contributed by atoms with van der Waals surface area (Å²) in [6.45, 7) is 0.219. The Morgan fingerprint density at radius 3 is 2.80 bits per heavy atom. The van der Waals surface area contributed by atoms with Crippen LogP contribution in [0.5, 0.6) is 11.5 Å². The fraction of sp³-hybridized carbons (Fsp3) is 0.533. The van der Waals surface area contributed by atoms with Crippen molar-refractivity contribution in [3.05, 3.63) is 23.8 Å². The van der Waals surface area contributed by atoms with E-state index in [2.05, 4.69) is 0 Å². The molecule has 20 heavy (non-hydrogen) atoms. The van der Waals surface area contributed by atoms with E-state index >= 15 is 0 Å². The van der Waals surface area contributed by atoms with Crippen LogP contribution in [0.4, 0.5) is 0 Å². The summed E-state index contributed by atoms with van der Waals surface area (Å²) in [5.41, 5.74) is 6.77. The molecule has 0 radical (unpaired) electrons. The van der Waals surface area contributed by atoms with Crippen LogP contribution in [0.3, 0.4) is 0 Å². The van der Waals surface area contributed by atoms with Gasteiger partial charge in [0.25, 0.3) is 5.91 Å². The van der Waals surface area contributed by atoms with Gasteiger partial charge in [0, 0.05) is 24.7 Å². The van der Waals surface area contributed by atoms with Crippen LogP contribution in [0, 0.1) is 0 Å². The highest BCUT2D eigenvalue weighted by Crippen LogP contribution is 2.33. The minimum Gasteiger partial charge on any atom is -0.454 e. The van der Waals surface area contributed by atoms with Gasteiger partial charge in [-0.1, -0.05) is 12.8 Å². The maximum Gasteiger partial charge on any atom is 0.254 e. The molecule has 1 aliphatic heterocycles. The molecule has 0 aromatic heterocycles. The number of nitrogens with two attached hydrogens (primary N) is 1. The molecule has 1 saturated carbocycles. The lowest BCUT2D eigenvalue weighted by molar-refractivity contribution is 0.0672. The lowest BCUT2D eigenvalue weighted by Crippen LogP contribution is -2.50. The van der Waals surface area contributed by atoms with Gasteiger partial charge < -0.3 is 20.1 Å². The second-order valence-electron chi connectivity index (χ2n) is 5.50. The molecule has 1 aromatic carbocycles. The predicted octanol–water partition coefficient (Wildman–Crippen LogP) is 1.76. The molecule has 5 heteroatoms. The molecule has 5 nitrogen and oxygen atoms in total. The largest absolute Gasteiger partial charge is 0.454 e. The van der Waals surface area contributed by atoms with Gasteiger partial charge in [-0.25, -0.2) is 0 Å². The molecular weight excluding hydrogens is 256 g/mol. The Morgan fingerprint density at radius 1 is 1.25 bits per heavy atom. The van der Waals surface area contributed by atoms with E-state index in [0.29, 0.717) is 17.1 Å². The molecule has 1 amide bonds. The number of rotatable bonds is 2. The minimum atomic E-state index is -0.00866. The first-order valence-corrected chi connectivity index (χ1v) is 7.09. The number of likely N-dealkylation sites (N-methyl/N-ethyl adjacent to an activating group) is 1. The second-order valence-corrected chi connectivity index (χ2v) is 5.50. The van der Waals surface area contributed by atoms with Crippen LogP contribution in [-0.4, -0.2) is 36.7 Å². The molecule has 2 unspecified atom stereocenters. The Labute approximate surface area is 118 Å². The lowest BCUT2D eigenvalue weighted by atomic mass is 9.90. The van der Waals surface area contributed by atoms with Crippen molar-refractivity contribution < 1.29 is 14.3 Å². The van der Waals surface area contributed by atoms with Crippen LogP contribution in [0.15, 0.2) is 18.2 Å². The molecule has 108 valence electrons. The first kappa shape index (κ1) is 13.2. The summed E-state index contributed by atoms with van der Waals surface area (Å²) in [7, 11) is 1.84. The number of carbonyl (C=O) groups excluding carboxylic acids is 1. The summed E-state index contributed by atoms with van der Waals surface area (Å²) in [5.74, 6) is 1.32. The zero-order valence-corrected chi connectivity index (χ0v) is 11.7. The average Bonchev–Trinajstić information content (AvgIpc) is 2.93. The van der Waals surface area contributed by atoms with Crippen LogP contribution in [0.1, 0.15) is 36.0 Å². The van der Waals surface area contributed by atoms with Crippen LogP contribution >= 0.6 is 0 Å². The van der Waals surface area contributed by atoms with Crippen molar-refractivity contribution in [3.63, 3.8) is 0 Å². The van der Waals surface area contributed by atoms with Crippen molar-refractivity contribution in [2.75, 3.05) is 13.8 Å². The van der Waals surface area contributed by atoms with Gasteiger partial charge in [-0.2, -0.15) is 0 Å². The summed E-state index contributed by atoms with van der Waals surface area (Å²) in [4.78, 5) is 14.3. The number of fused-ring (bicyclic) bond motifs is 1. The van der Waals surface area contributed by atoms with Gasteiger partial charge >= 0.3 is 0 Å². The normalized spacial score (nSPS) is 24.5. The summed E-state index contributed by atoms with van der Waals surface area (Å²) in [5, 5.41) is 0. The Balaban J connectivity index is 1.77. The van der Waals surface area contributed by atoms with Crippen molar-refractivity contribution >= 4 is 5.91 Å². The lowest BCUT2D eigenvalue weighted by Gasteiger charge is -2.36. The molecule has 2 N–H and O–H groups in total. The Morgan fingerprint density at radius 2 is 2.00 bits per heavy atom. The molecular formula is C15H20N2O3. The zero-order chi connectivity index (χ0) is 14.1. The van der Waals surface area contributed by atoms with Gasteiger partial charge in [-0.3, -0.25) is 4.79 Å². The quantitative estimate of drug-likeness (QED) is 0.894. The minimum absolute atomic E-state index is 0.00866. The van der Waals surface area contributed by atoms with Crippen molar-refractivity contribution in [2.45, 2.75) is 37.8 Å². The van der Waals surface area contributed by atoms with Crippen LogP contribution < -0.4 is 15.2 Å². The smallest absolute Gasteiger partial charge is 0.254 e. The van der Waals surface area contributed by atoms with Gasteiger partial charge in [-0.15, -0.1) is 0 Å². The van der Waals surface area contributed by atoms with Gasteiger partial charge in [0.15, 0.2) is 11.5 Å². The summed E-state index contributed by atoms with van der Waals surface area (Å²) >= 11 is 0. The number of nitrogens with zero attached hydrogens (tertiary/aromatic N) is 1. The van der Waals surface area contributed by atoms with E-state index in [4.69, 9.17) is 15.2 Å². The molecule has 1 heterocycles. The molecule has 0 bridgehead atoms. The van der Waals surface area contributed by atoms with Crippen molar-refractivity contribution in [1.82, 2.24) is 4.90 Å². The third-order valence-corrected chi connectivity index (χ3v) is 4.22. The topological polar surface area (TPSA) is 64.8 Å². The summed E-state index contributed by atoms with van der Waals surface area (Å²) in [6, 6.07) is 5.51. The maximum atomic E-state index is 12.6. The second kappa shape index (κ2) is 5.32. The number of carbonyl (C=O) groups is 1. The van der Waals surface area contributed by atoms with Crippen molar-refractivity contribution in [2.24, 2.45) is 5.73 Å². The monoisotopic (exact) mass is 276 g/mol. The van der Waals surface area contributed by atoms with E-state index in [1.807, 2.05) is 7.05 Å². The highest BCUT2D eigenvalue weighted by atomic mass is 16.7. The summed E-state index contributed by atoms with van der Waals surface area (Å²) < 4.78 is 10.6. The van der Waals surface area contributed by atoms with Gasteiger partial charge in [0.2, 0.25) is 6.79 Å². The van der Waals surface area contributed by atoms with Gasteiger partial charge in [0.05, 0.1) is 0 Å². The number of ether oxygens (including phenoxy) is 2. The Kier molecular flexibility index (Phi) is 3.53. The molecule has 0 saturated heterocycles. The van der Waals surface area contributed by atoms with E-state index in [9.17, 15) is 4.79 Å². The highest BCUT2D eigenvalue weighted by molar-refractivity contribution is 5.95. The molecule has 1 aromatic rings. The molecule has 1 aliphatic carbocycles. The first-order chi connectivity index (χ1) is 9.66. The molecule has 2 aliphatic rings. The molecule has 1 fully saturated rings. The van der Waals surface area contributed by atoms with E-state index in [1.54, 1.807) is 23.1 Å². The third-order valence-electron chi connectivity index (χ3n) is 4.22. The van der Waals surface area contributed by atoms with Crippen LogP contribution in [0.2, 0.25) is 0 Å². The number of hydrogen-bond donors (Lipinski definition) is 1. The van der Waals surface area contributed by atoms with Gasteiger partial charge in [0.1, 0.15) is 0 Å². The van der Waals surface area contributed by atoms with Crippen molar-refractivity contribution in [3.8, 4) is 11.5 Å². The van der Waals surface area contributed by atoms with E-state index in [0.717, 1.165) is 25.7 Å². The standard InChI is InChI=1S/C15H20N2O3/c1-17(12-5-3-2-4-11(12)16)15(18)10-6-7-13-14(8-10)20-9-19-13/h6-8,11-12H,2-5,9,16H2,1H3. The van der Waals surface area contributed by atoms with E-state index in [1.165, 1.54) is 0 Å². The van der Waals surface area contributed by atoms with E-state index < -0.39 is 0 Å². The number of hydrogen-bond acceptors (Lipinski definition) is 4. The van der Waals surface area contributed by atoms with E-state index in [-0.39, 0.29) is 24.8 Å². The molecule has 0 spiro atoms. The number of amides is 1. The fourth-order valence-corrected chi connectivity index (χ4v) is 3.00. The maximum absolute atomic E-state index is 12.6. The van der Waals surface area contributed by atoms with Gasteiger partial charge in [-0.05, 0) is 31.0 Å². The van der Waals surface area contributed by atoms with Crippen LogP contribution in [-0.2, 0) is 0 Å². The third kappa shape index (κ3) is 2.33. The highest BCUT2D eigenvalue weighted by Gasteiger charge is 2.29.